The molecule has 0 saturated heterocycles. The molecular weight excluding hydrogens is 386 g/mol. The van der Waals surface area contributed by atoms with E-state index in [1.165, 1.54) is 22.8 Å². The van der Waals surface area contributed by atoms with Crippen LogP contribution in [0.4, 0.5) is 0 Å². The summed E-state index contributed by atoms with van der Waals surface area (Å²) in [5.41, 5.74) is 1.30. The fourth-order valence-electron chi connectivity index (χ4n) is 2.67. The third-order valence-corrected chi connectivity index (χ3v) is 5.41. The van der Waals surface area contributed by atoms with Crippen molar-refractivity contribution < 1.29 is 17.4 Å². The van der Waals surface area contributed by atoms with E-state index in [1.807, 2.05) is 0 Å². The van der Waals surface area contributed by atoms with E-state index in [0.29, 0.717) is 17.2 Å². The number of rotatable bonds is 6. The van der Waals surface area contributed by atoms with Crippen molar-refractivity contribution in [2.75, 3.05) is 0 Å². The SMILES string of the molecule is Cc1nc(Cn2c(=O)oc3cc(S(=O)(=O)NCc4cccnc4)ccc32)no1. The number of nitrogens with one attached hydrogen (secondary N) is 1. The Morgan fingerprint density at radius 3 is 2.82 bits per heavy atom. The molecule has 0 aliphatic heterocycles. The third-order valence-electron chi connectivity index (χ3n) is 4.01. The summed E-state index contributed by atoms with van der Waals surface area (Å²) >= 11 is 0. The van der Waals surface area contributed by atoms with E-state index in [-0.39, 0.29) is 23.6 Å². The minimum absolute atomic E-state index is 0.0137. The molecule has 0 radical (unpaired) electrons. The molecular formula is C17H15N5O5S. The highest BCUT2D eigenvalue weighted by atomic mass is 32.2. The zero-order valence-electron chi connectivity index (χ0n) is 14.7. The Balaban J connectivity index is 1.62. The van der Waals surface area contributed by atoms with Gasteiger partial charge in [0.25, 0.3) is 0 Å². The lowest BCUT2D eigenvalue weighted by atomic mass is 10.3. The smallest absolute Gasteiger partial charge is 0.408 e. The van der Waals surface area contributed by atoms with Gasteiger partial charge in [-0.05, 0) is 23.8 Å². The maximum atomic E-state index is 12.5. The zero-order valence-corrected chi connectivity index (χ0v) is 15.5. The molecule has 0 spiro atoms. The first kappa shape index (κ1) is 18.1. The Kier molecular flexibility index (Phi) is 4.53. The zero-order chi connectivity index (χ0) is 19.7. The summed E-state index contributed by atoms with van der Waals surface area (Å²) in [5.74, 6) is 0.0522. The number of oxazole rings is 1. The number of aromatic nitrogens is 4. The first-order valence-electron chi connectivity index (χ1n) is 8.23. The summed E-state index contributed by atoms with van der Waals surface area (Å²) in [6, 6.07) is 7.70. The van der Waals surface area contributed by atoms with Gasteiger partial charge in [0.2, 0.25) is 15.9 Å². The number of benzene rings is 1. The fourth-order valence-corrected chi connectivity index (χ4v) is 3.71. The molecule has 10 nitrogen and oxygen atoms in total. The summed E-state index contributed by atoms with van der Waals surface area (Å²) in [7, 11) is -3.80. The molecule has 4 aromatic rings. The van der Waals surface area contributed by atoms with Gasteiger partial charge in [-0.15, -0.1) is 0 Å². The third kappa shape index (κ3) is 3.57. The Morgan fingerprint density at radius 2 is 2.11 bits per heavy atom. The molecule has 0 unspecified atom stereocenters. The van der Waals surface area contributed by atoms with Crippen molar-refractivity contribution >= 4 is 21.1 Å². The standard InChI is InChI=1S/C17H15N5O5S/c1-11-20-16(21-27-11)10-22-14-5-4-13(7-15(14)26-17(22)23)28(24,25)19-9-12-3-2-6-18-8-12/h2-8,19H,9-10H2,1H3. The van der Waals surface area contributed by atoms with E-state index in [4.69, 9.17) is 8.94 Å². The predicted octanol–water partition coefficient (Wildman–Crippen LogP) is 1.21. The Labute approximate surface area is 158 Å². The molecule has 0 fully saturated rings. The predicted molar refractivity (Wildman–Crippen MR) is 96.9 cm³/mol. The first-order valence-corrected chi connectivity index (χ1v) is 9.72. The molecule has 0 saturated carbocycles. The molecule has 1 aromatic carbocycles. The Hall–Kier alpha value is -3.31. The van der Waals surface area contributed by atoms with Gasteiger partial charge in [0.05, 0.1) is 17.0 Å². The number of sulfonamides is 1. The van der Waals surface area contributed by atoms with Crippen LogP contribution in [0.2, 0.25) is 0 Å². The molecule has 0 amide bonds. The van der Waals surface area contributed by atoms with Gasteiger partial charge in [0.1, 0.15) is 0 Å². The van der Waals surface area contributed by atoms with Crippen LogP contribution in [0.15, 0.2) is 61.4 Å². The Morgan fingerprint density at radius 1 is 1.25 bits per heavy atom. The molecule has 144 valence electrons. The van der Waals surface area contributed by atoms with Crippen LogP contribution in [-0.2, 0) is 23.1 Å². The van der Waals surface area contributed by atoms with Gasteiger partial charge >= 0.3 is 5.76 Å². The molecule has 0 bridgehead atoms. The maximum absolute atomic E-state index is 12.5. The molecule has 0 atom stereocenters. The lowest BCUT2D eigenvalue weighted by Gasteiger charge is -2.06. The number of fused-ring (bicyclic) bond motifs is 1. The average molecular weight is 401 g/mol. The van der Waals surface area contributed by atoms with Crippen molar-refractivity contribution in [1.82, 2.24) is 24.4 Å². The summed E-state index contributed by atoms with van der Waals surface area (Å²) in [6.45, 7) is 1.78. The van der Waals surface area contributed by atoms with Gasteiger partial charge in [0.15, 0.2) is 11.4 Å². The summed E-state index contributed by atoms with van der Waals surface area (Å²) < 4.78 is 39.0. The second kappa shape index (κ2) is 7.02. The minimum Gasteiger partial charge on any atom is -0.408 e. The molecule has 0 aliphatic rings. The van der Waals surface area contributed by atoms with Crippen LogP contribution in [0.25, 0.3) is 11.1 Å². The van der Waals surface area contributed by atoms with Crippen molar-refractivity contribution in [3.8, 4) is 0 Å². The lowest BCUT2D eigenvalue weighted by molar-refractivity contribution is 0.385. The first-order chi connectivity index (χ1) is 13.4. The van der Waals surface area contributed by atoms with Crippen molar-refractivity contribution in [1.29, 1.82) is 0 Å². The normalized spacial score (nSPS) is 11.9. The monoisotopic (exact) mass is 401 g/mol. The van der Waals surface area contributed by atoms with Gasteiger partial charge in [-0.3, -0.25) is 9.55 Å². The largest absolute Gasteiger partial charge is 0.420 e. The molecule has 3 heterocycles. The van der Waals surface area contributed by atoms with Crippen LogP contribution < -0.4 is 10.5 Å². The molecule has 4 rings (SSSR count). The lowest BCUT2D eigenvalue weighted by Crippen LogP contribution is -2.23. The molecule has 28 heavy (non-hydrogen) atoms. The van der Waals surface area contributed by atoms with E-state index in [2.05, 4.69) is 19.8 Å². The number of aryl methyl sites for hydroxylation is 1. The molecule has 1 N–H and O–H groups in total. The van der Waals surface area contributed by atoms with Crippen molar-refractivity contribution in [3.05, 3.63) is 70.6 Å². The van der Waals surface area contributed by atoms with E-state index in [9.17, 15) is 13.2 Å². The topological polar surface area (TPSA) is 133 Å². The minimum atomic E-state index is -3.80. The van der Waals surface area contributed by atoms with Gasteiger partial charge in [-0.25, -0.2) is 17.9 Å². The van der Waals surface area contributed by atoms with Crippen LogP contribution in [0.1, 0.15) is 17.3 Å². The number of hydrogen-bond acceptors (Lipinski definition) is 8. The Bertz CT molecular complexity index is 1290. The molecule has 0 aliphatic carbocycles. The number of nitrogens with zero attached hydrogens (tertiary/aromatic N) is 4. The molecule has 3 aromatic heterocycles. The quantitative estimate of drug-likeness (QED) is 0.510. The van der Waals surface area contributed by atoms with Crippen LogP contribution >= 0.6 is 0 Å². The van der Waals surface area contributed by atoms with E-state index >= 15 is 0 Å². The fraction of sp³-hybridized carbons (Fsp3) is 0.176. The van der Waals surface area contributed by atoms with Gasteiger partial charge in [0, 0.05) is 31.9 Å². The highest BCUT2D eigenvalue weighted by molar-refractivity contribution is 7.89. The van der Waals surface area contributed by atoms with Crippen molar-refractivity contribution in [3.63, 3.8) is 0 Å². The summed E-state index contributed by atoms with van der Waals surface area (Å²) in [6.07, 6.45) is 3.18. The van der Waals surface area contributed by atoms with Crippen molar-refractivity contribution in [2.24, 2.45) is 0 Å². The second-order valence-electron chi connectivity index (χ2n) is 6.00. The van der Waals surface area contributed by atoms with Gasteiger partial charge < -0.3 is 8.94 Å². The van der Waals surface area contributed by atoms with Gasteiger partial charge in [-0.2, -0.15) is 4.98 Å². The number of pyridine rings is 1. The van der Waals surface area contributed by atoms with Gasteiger partial charge in [-0.1, -0.05) is 11.2 Å². The number of hydrogen-bond donors (Lipinski definition) is 1. The van der Waals surface area contributed by atoms with Crippen LogP contribution in [-0.4, -0.2) is 28.1 Å². The van der Waals surface area contributed by atoms with E-state index < -0.39 is 15.8 Å². The highest BCUT2D eigenvalue weighted by Crippen LogP contribution is 2.19. The van der Waals surface area contributed by atoms with Crippen LogP contribution in [0, 0.1) is 6.92 Å². The van der Waals surface area contributed by atoms with E-state index in [0.717, 1.165) is 5.56 Å². The molecule has 11 heteroatoms. The summed E-state index contributed by atoms with van der Waals surface area (Å²) in [5, 5.41) is 3.75. The van der Waals surface area contributed by atoms with Crippen LogP contribution in [0.5, 0.6) is 0 Å². The van der Waals surface area contributed by atoms with Crippen LogP contribution in [0.3, 0.4) is 0 Å². The van der Waals surface area contributed by atoms with Crippen molar-refractivity contribution in [2.45, 2.75) is 24.9 Å². The second-order valence-corrected chi connectivity index (χ2v) is 7.77. The summed E-state index contributed by atoms with van der Waals surface area (Å²) in [4.78, 5) is 20.1. The maximum Gasteiger partial charge on any atom is 0.420 e. The average Bonchev–Trinajstić information content (AvgIpc) is 3.23. The highest BCUT2D eigenvalue weighted by Gasteiger charge is 2.18. The van der Waals surface area contributed by atoms with E-state index in [1.54, 1.807) is 31.5 Å².